The Hall–Kier alpha value is -1.32. The molecule has 0 aromatic heterocycles. The van der Waals surface area contributed by atoms with Crippen LogP contribution in [-0.2, 0) is 9.59 Å². The van der Waals surface area contributed by atoms with Crippen molar-refractivity contribution in [3.05, 3.63) is 11.8 Å². The van der Waals surface area contributed by atoms with Gasteiger partial charge in [0.05, 0.1) is 0 Å². The van der Waals surface area contributed by atoms with Gasteiger partial charge in [0, 0.05) is 13.6 Å². The van der Waals surface area contributed by atoms with Gasteiger partial charge in [0.15, 0.2) is 0 Å². The lowest BCUT2D eigenvalue weighted by Crippen LogP contribution is -2.29. The van der Waals surface area contributed by atoms with Crippen molar-refractivity contribution in [2.45, 2.75) is 6.42 Å². The third-order valence-electron chi connectivity index (χ3n) is 1.60. The lowest BCUT2D eigenvalue weighted by atomic mass is 10.4. The van der Waals surface area contributed by atoms with Gasteiger partial charge < -0.3 is 10.2 Å². The summed E-state index contributed by atoms with van der Waals surface area (Å²) >= 11 is 0. The fraction of sp³-hybridized carbons (Fsp3) is 0.429. The lowest BCUT2D eigenvalue weighted by molar-refractivity contribution is -0.123. The molecule has 0 bridgehead atoms. The van der Waals surface area contributed by atoms with Gasteiger partial charge in [-0.05, 0) is 6.42 Å². The summed E-state index contributed by atoms with van der Waals surface area (Å²) in [5.41, 5.74) is 0.461. The fourth-order valence-corrected chi connectivity index (χ4v) is 1.04. The van der Waals surface area contributed by atoms with Gasteiger partial charge in [0.2, 0.25) is 6.41 Å². The minimum atomic E-state index is -0.199. The molecule has 11 heavy (non-hydrogen) atoms. The summed E-state index contributed by atoms with van der Waals surface area (Å²) in [5.74, 6) is -0.199. The van der Waals surface area contributed by atoms with Gasteiger partial charge >= 0.3 is 0 Å². The van der Waals surface area contributed by atoms with Crippen LogP contribution in [0.5, 0.6) is 0 Å². The first kappa shape index (κ1) is 7.78. The van der Waals surface area contributed by atoms with Gasteiger partial charge in [-0.2, -0.15) is 0 Å². The van der Waals surface area contributed by atoms with Crippen LogP contribution in [-0.4, -0.2) is 30.8 Å². The van der Waals surface area contributed by atoms with E-state index in [1.165, 1.54) is 4.90 Å². The van der Waals surface area contributed by atoms with Crippen LogP contribution in [0, 0.1) is 0 Å². The third kappa shape index (κ3) is 1.39. The Morgan fingerprint density at radius 2 is 2.55 bits per heavy atom. The number of carbonyl (C=O) groups is 2. The molecule has 4 nitrogen and oxygen atoms in total. The number of nitrogens with zero attached hydrogens (tertiary/aromatic N) is 1. The van der Waals surface area contributed by atoms with Crippen molar-refractivity contribution in [1.29, 1.82) is 0 Å². The summed E-state index contributed by atoms with van der Waals surface area (Å²) in [6, 6.07) is 0. The molecule has 60 valence electrons. The molecule has 0 saturated carbocycles. The third-order valence-corrected chi connectivity index (χ3v) is 1.60. The predicted octanol–water partition coefficient (Wildman–Crippen LogP) is -0.522. The zero-order valence-corrected chi connectivity index (χ0v) is 6.33. The number of nitrogens with one attached hydrogen (secondary N) is 1. The molecule has 1 aliphatic heterocycles. The first-order valence-corrected chi connectivity index (χ1v) is 3.43. The molecule has 1 N–H and O–H groups in total. The number of carbonyl (C=O) groups excluding carboxylic acids is 2. The number of hydrogen-bond acceptors (Lipinski definition) is 2. The molecule has 0 saturated heterocycles. The molecule has 0 spiro atoms. The van der Waals surface area contributed by atoms with Crippen LogP contribution in [0.3, 0.4) is 0 Å². The van der Waals surface area contributed by atoms with E-state index in [9.17, 15) is 9.59 Å². The fourth-order valence-electron chi connectivity index (χ4n) is 1.04. The topological polar surface area (TPSA) is 49.4 Å². The van der Waals surface area contributed by atoms with Gasteiger partial charge in [0.1, 0.15) is 5.70 Å². The van der Waals surface area contributed by atoms with E-state index >= 15 is 0 Å². The van der Waals surface area contributed by atoms with Crippen LogP contribution >= 0.6 is 0 Å². The van der Waals surface area contributed by atoms with E-state index in [1.54, 1.807) is 13.1 Å². The molecule has 0 aromatic rings. The summed E-state index contributed by atoms with van der Waals surface area (Å²) in [7, 11) is 1.55. The number of likely N-dealkylation sites (N-methyl/N-ethyl adjacent to an activating group) is 1. The molecule has 1 rings (SSSR count). The standard InChI is InChI=1S/C7H10N2O2/c1-8-7(11)6-3-2-4-9(6)5-10/h3,5H,2,4H2,1H3,(H,8,11). The summed E-state index contributed by atoms with van der Waals surface area (Å²) in [5, 5.41) is 2.46. The monoisotopic (exact) mass is 154 g/mol. The van der Waals surface area contributed by atoms with Crippen molar-refractivity contribution >= 4 is 12.3 Å². The second-order valence-electron chi connectivity index (χ2n) is 2.26. The Morgan fingerprint density at radius 3 is 3.09 bits per heavy atom. The molecule has 1 aliphatic rings. The molecule has 1 heterocycles. The quantitative estimate of drug-likeness (QED) is 0.544. The van der Waals surface area contributed by atoms with E-state index < -0.39 is 0 Å². The van der Waals surface area contributed by atoms with Crippen LogP contribution in [0.1, 0.15) is 6.42 Å². The van der Waals surface area contributed by atoms with Gasteiger partial charge in [0.25, 0.3) is 5.91 Å². The second kappa shape index (κ2) is 3.18. The minimum absolute atomic E-state index is 0.199. The molecule has 0 radical (unpaired) electrons. The van der Waals surface area contributed by atoms with E-state index in [1.807, 2.05) is 0 Å². The molecular formula is C7H10N2O2. The average molecular weight is 154 g/mol. The van der Waals surface area contributed by atoms with Crippen molar-refractivity contribution in [2.75, 3.05) is 13.6 Å². The number of amides is 2. The van der Waals surface area contributed by atoms with Gasteiger partial charge in [-0.1, -0.05) is 6.08 Å². The molecule has 4 heteroatoms. The molecule has 0 atom stereocenters. The first-order chi connectivity index (χ1) is 5.29. The summed E-state index contributed by atoms with van der Waals surface area (Å²) < 4.78 is 0. The molecule has 0 aliphatic carbocycles. The lowest BCUT2D eigenvalue weighted by Gasteiger charge is -2.11. The van der Waals surface area contributed by atoms with Gasteiger partial charge in [-0.15, -0.1) is 0 Å². The maximum absolute atomic E-state index is 11.0. The van der Waals surface area contributed by atoms with Crippen LogP contribution in [0.4, 0.5) is 0 Å². The van der Waals surface area contributed by atoms with Crippen LogP contribution < -0.4 is 5.32 Å². The average Bonchev–Trinajstić information content (AvgIpc) is 2.50. The normalized spacial score (nSPS) is 16.1. The van der Waals surface area contributed by atoms with E-state index in [0.717, 1.165) is 6.42 Å². The summed E-state index contributed by atoms with van der Waals surface area (Å²) in [6.45, 7) is 0.617. The highest BCUT2D eigenvalue weighted by atomic mass is 16.2. The zero-order valence-electron chi connectivity index (χ0n) is 6.33. The number of rotatable bonds is 2. The predicted molar refractivity (Wildman–Crippen MR) is 39.5 cm³/mol. The van der Waals surface area contributed by atoms with Crippen molar-refractivity contribution < 1.29 is 9.59 Å². The molecular weight excluding hydrogens is 144 g/mol. The Labute approximate surface area is 64.9 Å². The first-order valence-electron chi connectivity index (χ1n) is 3.43. The Kier molecular flexibility index (Phi) is 2.25. The van der Waals surface area contributed by atoms with E-state index in [2.05, 4.69) is 5.32 Å². The second-order valence-corrected chi connectivity index (χ2v) is 2.26. The highest BCUT2D eigenvalue weighted by Gasteiger charge is 2.19. The maximum Gasteiger partial charge on any atom is 0.267 e. The SMILES string of the molecule is CNC(=O)C1=CCCN1C=O. The Morgan fingerprint density at radius 1 is 1.82 bits per heavy atom. The highest BCUT2D eigenvalue weighted by molar-refractivity contribution is 5.95. The van der Waals surface area contributed by atoms with E-state index in [-0.39, 0.29) is 5.91 Å². The van der Waals surface area contributed by atoms with E-state index in [0.29, 0.717) is 18.7 Å². The molecule has 0 aromatic carbocycles. The van der Waals surface area contributed by atoms with Crippen molar-refractivity contribution in [2.24, 2.45) is 0 Å². The summed E-state index contributed by atoms with van der Waals surface area (Å²) in [4.78, 5) is 22.7. The van der Waals surface area contributed by atoms with Crippen LogP contribution in [0.15, 0.2) is 11.8 Å². The minimum Gasteiger partial charge on any atom is -0.354 e. The number of hydrogen-bond donors (Lipinski definition) is 1. The van der Waals surface area contributed by atoms with Crippen molar-refractivity contribution in [1.82, 2.24) is 10.2 Å². The van der Waals surface area contributed by atoms with E-state index in [4.69, 9.17) is 0 Å². The van der Waals surface area contributed by atoms with Gasteiger partial charge in [-0.25, -0.2) is 0 Å². The molecule has 0 fully saturated rings. The largest absolute Gasteiger partial charge is 0.354 e. The molecule has 2 amide bonds. The smallest absolute Gasteiger partial charge is 0.267 e. The van der Waals surface area contributed by atoms with Crippen LogP contribution in [0.25, 0.3) is 0 Å². The highest BCUT2D eigenvalue weighted by Crippen LogP contribution is 2.11. The molecule has 0 unspecified atom stereocenters. The van der Waals surface area contributed by atoms with Crippen molar-refractivity contribution in [3.8, 4) is 0 Å². The Bertz CT molecular complexity index is 210. The summed E-state index contributed by atoms with van der Waals surface area (Å²) in [6.07, 6.45) is 3.20. The maximum atomic E-state index is 11.0. The van der Waals surface area contributed by atoms with Crippen LogP contribution in [0.2, 0.25) is 0 Å². The van der Waals surface area contributed by atoms with Crippen molar-refractivity contribution in [3.63, 3.8) is 0 Å². The van der Waals surface area contributed by atoms with Gasteiger partial charge in [-0.3, -0.25) is 9.59 Å². The Balaban J connectivity index is 2.70. The zero-order chi connectivity index (χ0) is 8.27.